The molecule has 1 aromatic carbocycles. The SMILES string of the molecule is CCCCOc1ccc(N(CCC)CCC(=O)O)cc1. The van der Waals surface area contributed by atoms with Gasteiger partial charge in [0.05, 0.1) is 13.0 Å². The Morgan fingerprint density at radius 1 is 1.15 bits per heavy atom. The van der Waals surface area contributed by atoms with E-state index in [1.807, 2.05) is 24.3 Å². The first-order valence-electron chi connectivity index (χ1n) is 7.37. The summed E-state index contributed by atoms with van der Waals surface area (Å²) in [4.78, 5) is 12.8. The molecule has 0 aromatic heterocycles. The van der Waals surface area contributed by atoms with E-state index in [1.165, 1.54) is 0 Å². The van der Waals surface area contributed by atoms with Gasteiger partial charge in [-0.25, -0.2) is 0 Å². The fraction of sp³-hybridized carbons (Fsp3) is 0.562. The molecule has 0 unspecified atom stereocenters. The Balaban J connectivity index is 2.59. The largest absolute Gasteiger partial charge is 0.494 e. The van der Waals surface area contributed by atoms with Crippen molar-refractivity contribution < 1.29 is 14.6 Å². The van der Waals surface area contributed by atoms with Crippen LogP contribution in [0.2, 0.25) is 0 Å². The van der Waals surface area contributed by atoms with Gasteiger partial charge in [0.2, 0.25) is 0 Å². The maximum Gasteiger partial charge on any atom is 0.305 e. The minimum absolute atomic E-state index is 0.161. The molecule has 0 amide bonds. The number of hydrogen-bond acceptors (Lipinski definition) is 3. The molecule has 0 aliphatic heterocycles. The maximum absolute atomic E-state index is 10.7. The molecule has 0 fully saturated rings. The van der Waals surface area contributed by atoms with E-state index >= 15 is 0 Å². The second-order valence-electron chi connectivity index (χ2n) is 4.83. The van der Waals surface area contributed by atoms with E-state index in [1.54, 1.807) is 0 Å². The van der Waals surface area contributed by atoms with Crippen molar-refractivity contribution >= 4 is 11.7 Å². The zero-order valence-electron chi connectivity index (χ0n) is 12.5. The Morgan fingerprint density at radius 2 is 1.85 bits per heavy atom. The third-order valence-corrected chi connectivity index (χ3v) is 3.06. The number of carboxylic acids is 1. The van der Waals surface area contributed by atoms with Gasteiger partial charge in [0.25, 0.3) is 0 Å². The van der Waals surface area contributed by atoms with E-state index < -0.39 is 5.97 Å². The summed E-state index contributed by atoms with van der Waals surface area (Å²) in [7, 11) is 0. The molecule has 0 saturated carbocycles. The van der Waals surface area contributed by atoms with Crippen molar-refractivity contribution in [2.24, 2.45) is 0 Å². The maximum atomic E-state index is 10.7. The number of anilines is 1. The van der Waals surface area contributed by atoms with E-state index in [2.05, 4.69) is 18.7 Å². The van der Waals surface area contributed by atoms with Crippen LogP contribution in [0.25, 0.3) is 0 Å². The summed E-state index contributed by atoms with van der Waals surface area (Å²) in [6.45, 7) is 6.38. The van der Waals surface area contributed by atoms with Crippen molar-refractivity contribution in [2.75, 3.05) is 24.6 Å². The minimum atomic E-state index is -0.759. The summed E-state index contributed by atoms with van der Waals surface area (Å²) in [6.07, 6.45) is 3.34. The van der Waals surface area contributed by atoms with Crippen molar-refractivity contribution in [3.63, 3.8) is 0 Å². The van der Waals surface area contributed by atoms with Crippen LogP contribution in [-0.2, 0) is 4.79 Å². The predicted octanol–water partition coefficient (Wildman–Crippen LogP) is 3.56. The molecule has 112 valence electrons. The zero-order valence-corrected chi connectivity index (χ0v) is 12.5. The fourth-order valence-corrected chi connectivity index (χ4v) is 1.96. The first-order valence-corrected chi connectivity index (χ1v) is 7.37. The predicted molar refractivity (Wildman–Crippen MR) is 81.6 cm³/mol. The van der Waals surface area contributed by atoms with Crippen LogP contribution in [0, 0.1) is 0 Å². The summed E-state index contributed by atoms with van der Waals surface area (Å²) < 4.78 is 5.63. The number of aliphatic carboxylic acids is 1. The van der Waals surface area contributed by atoms with E-state index in [0.717, 1.165) is 43.9 Å². The van der Waals surface area contributed by atoms with E-state index in [4.69, 9.17) is 9.84 Å². The highest BCUT2D eigenvalue weighted by atomic mass is 16.5. The number of ether oxygens (including phenoxy) is 1. The fourth-order valence-electron chi connectivity index (χ4n) is 1.96. The number of carbonyl (C=O) groups is 1. The lowest BCUT2D eigenvalue weighted by Crippen LogP contribution is -2.26. The molecule has 1 N–H and O–H groups in total. The molecule has 0 aliphatic rings. The van der Waals surface area contributed by atoms with Crippen LogP contribution < -0.4 is 9.64 Å². The number of nitrogens with zero attached hydrogens (tertiary/aromatic N) is 1. The Kier molecular flexibility index (Phi) is 7.55. The second-order valence-corrected chi connectivity index (χ2v) is 4.83. The molecule has 0 spiro atoms. The topological polar surface area (TPSA) is 49.8 Å². The molecule has 0 bridgehead atoms. The smallest absolute Gasteiger partial charge is 0.305 e. The van der Waals surface area contributed by atoms with E-state index in [0.29, 0.717) is 6.54 Å². The average Bonchev–Trinajstić information content (AvgIpc) is 2.44. The molecule has 1 aromatic rings. The second kappa shape index (κ2) is 9.23. The molecule has 4 heteroatoms. The Labute approximate surface area is 121 Å². The van der Waals surface area contributed by atoms with Gasteiger partial charge in [0.1, 0.15) is 5.75 Å². The molecule has 0 radical (unpaired) electrons. The van der Waals surface area contributed by atoms with Gasteiger partial charge in [-0.3, -0.25) is 4.79 Å². The molecule has 1 rings (SSSR count). The lowest BCUT2D eigenvalue weighted by atomic mass is 10.2. The van der Waals surface area contributed by atoms with Crippen LogP contribution in [0.15, 0.2) is 24.3 Å². The van der Waals surface area contributed by atoms with Crippen molar-refractivity contribution in [1.82, 2.24) is 0 Å². The molecule has 20 heavy (non-hydrogen) atoms. The third-order valence-electron chi connectivity index (χ3n) is 3.06. The van der Waals surface area contributed by atoms with Crippen LogP contribution in [-0.4, -0.2) is 30.8 Å². The summed E-state index contributed by atoms with van der Waals surface area (Å²) in [5.74, 6) is 0.113. The van der Waals surface area contributed by atoms with E-state index in [9.17, 15) is 4.79 Å². The molecule has 4 nitrogen and oxygen atoms in total. The number of benzene rings is 1. The Hall–Kier alpha value is -1.71. The van der Waals surface area contributed by atoms with Gasteiger partial charge >= 0.3 is 5.97 Å². The highest BCUT2D eigenvalue weighted by Crippen LogP contribution is 2.20. The minimum Gasteiger partial charge on any atom is -0.494 e. The first kappa shape index (κ1) is 16.3. The first-order chi connectivity index (χ1) is 9.67. The van der Waals surface area contributed by atoms with Crippen LogP contribution in [0.4, 0.5) is 5.69 Å². The van der Waals surface area contributed by atoms with Gasteiger partial charge in [-0.2, -0.15) is 0 Å². The van der Waals surface area contributed by atoms with Crippen molar-refractivity contribution in [3.05, 3.63) is 24.3 Å². The normalized spacial score (nSPS) is 10.3. The van der Waals surface area contributed by atoms with Gasteiger partial charge in [0.15, 0.2) is 0 Å². The van der Waals surface area contributed by atoms with Crippen molar-refractivity contribution in [1.29, 1.82) is 0 Å². The number of hydrogen-bond donors (Lipinski definition) is 1. The third kappa shape index (κ3) is 5.95. The Morgan fingerprint density at radius 3 is 2.40 bits per heavy atom. The van der Waals surface area contributed by atoms with Crippen LogP contribution in [0.1, 0.15) is 39.5 Å². The van der Waals surface area contributed by atoms with Crippen LogP contribution in [0.3, 0.4) is 0 Å². The quantitative estimate of drug-likeness (QED) is 0.665. The van der Waals surface area contributed by atoms with Crippen molar-refractivity contribution in [3.8, 4) is 5.75 Å². The van der Waals surface area contributed by atoms with Crippen LogP contribution >= 0.6 is 0 Å². The van der Waals surface area contributed by atoms with Gasteiger partial charge < -0.3 is 14.7 Å². The van der Waals surface area contributed by atoms with E-state index in [-0.39, 0.29) is 6.42 Å². The number of unbranched alkanes of at least 4 members (excludes halogenated alkanes) is 1. The van der Waals surface area contributed by atoms with Gasteiger partial charge in [0, 0.05) is 18.8 Å². The summed E-state index contributed by atoms with van der Waals surface area (Å²) in [6, 6.07) is 7.90. The highest BCUT2D eigenvalue weighted by Gasteiger charge is 2.08. The average molecular weight is 279 g/mol. The Bertz CT molecular complexity index is 389. The van der Waals surface area contributed by atoms with Crippen molar-refractivity contribution in [2.45, 2.75) is 39.5 Å². The molecular formula is C16H25NO3. The summed E-state index contributed by atoms with van der Waals surface area (Å²) in [5.41, 5.74) is 1.05. The van der Waals surface area contributed by atoms with Gasteiger partial charge in [-0.1, -0.05) is 20.3 Å². The molecule has 0 heterocycles. The van der Waals surface area contributed by atoms with Crippen LogP contribution in [0.5, 0.6) is 5.75 Å². The molecule has 0 aliphatic carbocycles. The van der Waals surface area contributed by atoms with Gasteiger partial charge in [-0.15, -0.1) is 0 Å². The number of carboxylic acid groups (broad SMARTS) is 1. The lowest BCUT2D eigenvalue weighted by molar-refractivity contribution is -0.136. The van der Waals surface area contributed by atoms with Gasteiger partial charge in [-0.05, 0) is 37.1 Å². The molecular weight excluding hydrogens is 254 g/mol. The summed E-state index contributed by atoms with van der Waals surface area (Å²) in [5, 5.41) is 8.80. The molecule has 0 atom stereocenters. The zero-order chi connectivity index (χ0) is 14.8. The molecule has 0 saturated heterocycles. The number of rotatable bonds is 10. The lowest BCUT2D eigenvalue weighted by Gasteiger charge is -2.23. The monoisotopic (exact) mass is 279 g/mol. The highest BCUT2D eigenvalue weighted by molar-refractivity contribution is 5.67. The standard InChI is InChI=1S/C16H25NO3/c1-3-5-13-20-15-8-6-14(7-9-15)17(11-4-2)12-10-16(18)19/h6-9H,3-5,10-13H2,1-2H3,(H,18,19). The summed E-state index contributed by atoms with van der Waals surface area (Å²) >= 11 is 0.